The van der Waals surface area contributed by atoms with Crippen LogP contribution in [0.1, 0.15) is 21.7 Å². The summed E-state index contributed by atoms with van der Waals surface area (Å²) in [5.74, 6) is 1.05. The molecule has 1 aromatic heterocycles. The number of aromatic amines is 1. The number of hydrogen-bond donors (Lipinski definition) is 1. The number of nitrogens with one attached hydrogen (secondary N) is 1. The summed E-state index contributed by atoms with van der Waals surface area (Å²) in [4.78, 5) is 17.0. The Bertz CT molecular complexity index is 815. The normalized spacial score (nSPS) is 10.6. The van der Waals surface area contributed by atoms with E-state index in [1.165, 1.54) is 0 Å². The predicted octanol–water partition coefficient (Wildman–Crippen LogP) is 4.09. The fourth-order valence-corrected chi connectivity index (χ4v) is 2.42. The number of H-pyrrole nitrogens is 1. The monoisotopic (exact) mass is 331 g/mol. The van der Waals surface area contributed by atoms with Gasteiger partial charge in [-0.2, -0.15) is 5.10 Å². The van der Waals surface area contributed by atoms with Gasteiger partial charge in [-0.1, -0.05) is 41.9 Å². The van der Waals surface area contributed by atoms with Gasteiger partial charge in [0.15, 0.2) is 17.4 Å². The Morgan fingerprint density at radius 2 is 1.91 bits per heavy atom. The summed E-state index contributed by atoms with van der Waals surface area (Å²) in [5.41, 5.74) is 1.70. The quantitative estimate of drug-likeness (QED) is 0.578. The topological polar surface area (TPSA) is 58.6 Å². The summed E-state index contributed by atoms with van der Waals surface area (Å²) in [6.45, 7) is 0. The minimum absolute atomic E-state index is 0.123. The molecule has 0 aliphatic carbocycles. The molecule has 0 bridgehead atoms. The van der Waals surface area contributed by atoms with Crippen molar-refractivity contribution in [1.29, 1.82) is 0 Å². The van der Waals surface area contributed by atoms with Gasteiger partial charge in [-0.15, -0.1) is 11.6 Å². The molecule has 2 aromatic carbocycles. The fourth-order valence-electron chi connectivity index (χ4n) is 2.13. The molecule has 0 fully saturated rings. The molecule has 3 rings (SSSR count). The van der Waals surface area contributed by atoms with Crippen molar-refractivity contribution in [2.24, 2.45) is 0 Å². The highest BCUT2D eigenvalue weighted by Crippen LogP contribution is 2.26. The van der Waals surface area contributed by atoms with Crippen molar-refractivity contribution in [3.05, 3.63) is 70.5 Å². The number of nitrogens with zero attached hydrogens (tertiary/aromatic N) is 2. The predicted molar refractivity (Wildman–Crippen MR) is 86.3 cm³/mol. The molecule has 1 heterocycles. The summed E-state index contributed by atoms with van der Waals surface area (Å²) in [6.07, 6.45) is 0. The van der Waals surface area contributed by atoms with E-state index in [0.717, 1.165) is 0 Å². The number of halogens is 2. The summed E-state index contributed by atoms with van der Waals surface area (Å²) < 4.78 is 0. The van der Waals surface area contributed by atoms with Crippen LogP contribution in [-0.4, -0.2) is 21.0 Å². The van der Waals surface area contributed by atoms with Crippen molar-refractivity contribution in [1.82, 2.24) is 15.2 Å². The van der Waals surface area contributed by atoms with E-state index in [1.54, 1.807) is 30.3 Å². The van der Waals surface area contributed by atoms with Gasteiger partial charge < -0.3 is 0 Å². The molecule has 110 valence electrons. The molecule has 0 amide bonds. The van der Waals surface area contributed by atoms with Crippen LogP contribution in [0.15, 0.2) is 48.5 Å². The Kier molecular flexibility index (Phi) is 4.22. The molecule has 0 unspecified atom stereocenters. The third-order valence-corrected chi connectivity index (χ3v) is 3.64. The smallest absolute Gasteiger partial charge is 0.193 e. The van der Waals surface area contributed by atoms with Crippen molar-refractivity contribution in [2.75, 3.05) is 0 Å². The number of ketones is 1. The van der Waals surface area contributed by atoms with E-state index in [1.807, 2.05) is 18.2 Å². The van der Waals surface area contributed by atoms with Crippen LogP contribution in [0.3, 0.4) is 0 Å². The third kappa shape index (κ3) is 2.89. The van der Waals surface area contributed by atoms with E-state index in [2.05, 4.69) is 15.2 Å². The molecule has 0 spiro atoms. The maximum Gasteiger partial charge on any atom is 0.193 e. The fraction of sp³-hybridized carbons (Fsp3) is 0.0625. The molecule has 0 atom stereocenters. The second-order valence-electron chi connectivity index (χ2n) is 4.62. The molecular formula is C16H11Cl2N3O. The van der Waals surface area contributed by atoms with Gasteiger partial charge in [-0.25, -0.2) is 4.98 Å². The largest absolute Gasteiger partial charge is 0.289 e. The molecule has 0 aliphatic heterocycles. The maximum atomic E-state index is 12.7. The lowest BCUT2D eigenvalue weighted by Crippen LogP contribution is -2.04. The molecule has 22 heavy (non-hydrogen) atoms. The van der Waals surface area contributed by atoms with Gasteiger partial charge in [0.1, 0.15) is 0 Å². The van der Waals surface area contributed by atoms with Gasteiger partial charge in [0.2, 0.25) is 0 Å². The summed E-state index contributed by atoms with van der Waals surface area (Å²) in [6, 6.07) is 14.1. The number of carbonyl (C=O) groups is 1. The lowest BCUT2D eigenvalue weighted by atomic mass is 9.98. The second kappa shape index (κ2) is 6.30. The highest BCUT2D eigenvalue weighted by atomic mass is 35.5. The van der Waals surface area contributed by atoms with Gasteiger partial charge >= 0.3 is 0 Å². The lowest BCUT2D eigenvalue weighted by molar-refractivity contribution is 0.103. The Labute approximate surface area is 137 Å². The Balaban J connectivity index is 2.10. The Morgan fingerprint density at radius 1 is 1.14 bits per heavy atom. The van der Waals surface area contributed by atoms with Gasteiger partial charge in [-0.3, -0.25) is 9.89 Å². The molecule has 0 saturated heterocycles. The maximum absolute atomic E-state index is 12.7. The molecular weight excluding hydrogens is 321 g/mol. The number of alkyl halides is 1. The molecule has 1 N–H and O–H groups in total. The highest BCUT2D eigenvalue weighted by molar-refractivity contribution is 6.31. The first-order valence-corrected chi connectivity index (χ1v) is 7.47. The van der Waals surface area contributed by atoms with Crippen LogP contribution in [-0.2, 0) is 5.88 Å². The SMILES string of the molecule is O=C(c1ccccc1)c1cc(Cl)ccc1-c1nc(CCl)n[nH]1. The standard InChI is InChI=1S/C16H11Cl2N3O/c17-9-14-19-16(21-20-14)12-7-6-11(18)8-13(12)15(22)10-4-2-1-3-5-10/h1-8H,9H2,(H,19,20,21). The number of benzene rings is 2. The first kappa shape index (κ1) is 14.8. The second-order valence-corrected chi connectivity index (χ2v) is 5.32. The molecule has 3 aromatic rings. The van der Waals surface area contributed by atoms with Crippen LogP contribution in [0.25, 0.3) is 11.4 Å². The van der Waals surface area contributed by atoms with Crippen molar-refractivity contribution in [3.63, 3.8) is 0 Å². The zero-order chi connectivity index (χ0) is 15.5. The lowest BCUT2D eigenvalue weighted by Gasteiger charge is -2.07. The molecule has 6 heteroatoms. The number of carbonyl (C=O) groups excluding carboxylic acids is 1. The first-order valence-electron chi connectivity index (χ1n) is 6.56. The van der Waals surface area contributed by atoms with E-state index in [9.17, 15) is 4.79 Å². The van der Waals surface area contributed by atoms with Crippen LogP contribution < -0.4 is 0 Å². The molecule has 0 radical (unpaired) electrons. The average Bonchev–Trinajstić information content (AvgIpc) is 3.04. The van der Waals surface area contributed by atoms with Crippen LogP contribution in [0.5, 0.6) is 0 Å². The van der Waals surface area contributed by atoms with E-state index in [0.29, 0.717) is 33.4 Å². The summed E-state index contributed by atoms with van der Waals surface area (Å²) in [7, 11) is 0. The molecule has 4 nitrogen and oxygen atoms in total. The van der Waals surface area contributed by atoms with Gasteiger partial charge in [0.05, 0.1) is 5.88 Å². The van der Waals surface area contributed by atoms with Crippen LogP contribution in [0, 0.1) is 0 Å². The van der Waals surface area contributed by atoms with Crippen LogP contribution >= 0.6 is 23.2 Å². The summed E-state index contributed by atoms with van der Waals surface area (Å²) in [5, 5.41) is 7.28. The van der Waals surface area contributed by atoms with E-state index in [-0.39, 0.29) is 11.7 Å². The minimum atomic E-state index is -0.123. The van der Waals surface area contributed by atoms with Crippen molar-refractivity contribution in [3.8, 4) is 11.4 Å². The number of hydrogen-bond acceptors (Lipinski definition) is 3. The Morgan fingerprint density at radius 3 is 2.59 bits per heavy atom. The highest BCUT2D eigenvalue weighted by Gasteiger charge is 2.17. The van der Waals surface area contributed by atoms with Crippen molar-refractivity contribution < 1.29 is 4.79 Å². The zero-order valence-electron chi connectivity index (χ0n) is 11.4. The van der Waals surface area contributed by atoms with Crippen molar-refractivity contribution in [2.45, 2.75) is 5.88 Å². The van der Waals surface area contributed by atoms with Gasteiger partial charge in [0, 0.05) is 21.7 Å². The minimum Gasteiger partial charge on any atom is -0.289 e. The van der Waals surface area contributed by atoms with E-state index >= 15 is 0 Å². The van der Waals surface area contributed by atoms with Crippen LogP contribution in [0.4, 0.5) is 0 Å². The first-order chi connectivity index (χ1) is 10.7. The average molecular weight is 332 g/mol. The van der Waals surface area contributed by atoms with E-state index < -0.39 is 0 Å². The van der Waals surface area contributed by atoms with Crippen molar-refractivity contribution >= 4 is 29.0 Å². The third-order valence-electron chi connectivity index (χ3n) is 3.17. The van der Waals surface area contributed by atoms with Crippen LogP contribution in [0.2, 0.25) is 5.02 Å². The Hall–Kier alpha value is -2.17. The molecule has 0 aliphatic rings. The number of rotatable bonds is 4. The zero-order valence-corrected chi connectivity index (χ0v) is 12.9. The summed E-state index contributed by atoms with van der Waals surface area (Å²) >= 11 is 11.8. The molecule has 0 saturated carbocycles. The van der Waals surface area contributed by atoms with Gasteiger partial charge in [-0.05, 0) is 18.2 Å². The van der Waals surface area contributed by atoms with Gasteiger partial charge in [0.25, 0.3) is 0 Å². The van der Waals surface area contributed by atoms with E-state index in [4.69, 9.17) is 23.2 Å². The number of aromatic nitrogens is 3.